The molecular weight excluding hydrogens is 332 g/mol. The zero-order valence-electron chi connectivity index (χ0n) is 15.3. The van der Waals surface area contributed by atoms with E-state index in [1.807, 2.05) is 12.1 Å². The Hall–Kier alpha value is -1.26. The van der Waals surface area contributed by atoms with Crippen molar-refractivity contribution in [2.24, 2.45) is 10.9 Å². The number of benzene rings is 1. The van der Waals surface area contributed by atoms with Crippen LogP contribution in [-0.4, -0.2) is 43.1 Å². The Balaban J connectivity index is 1.41. The van der Waals surface area contributed by atoms with E-state index in [1.54, 1.807) is 0 Å². The van der Waals surface area contributed by atoms with Crippen molar-refractivity contribution in [3.8, 4) is 0 Å². The van der Waals surface area contributed by atoms with Crippen LogP contribution in [0.3, 0.4) is 0 Å². The summed E-state index contributed by atoms with van der Waals surface area (Å²) in [5.41, 5.74) is 1.34. The SMILES string of the molecule is CCNC(=NCCC1CC1)NC1CCN(Cc2ccc(Cl)cc2)CC1. The predicted octanol–water partition coefficient (Wildman–Crippen LogP) is 3.66. The monoisotopic (exact) mass is 362 g/mol. The molecule has 2 aliphatic rings. The van der Waals surface area contributed by atoms with Gasteiger partial charge in [-0.2, -0.15) is 0 Å². The van der Waals surface area contributed by atoms with Crippen molar-refractivity contribution < 1.29 is 0 Å². The number of halogens is 1. The summed E-state index contributed by atoms with van der Waals surface area (Å²) in [4.78, 5) is 7.28. The van der Waals surface area contributed by atoms with Crippen LogP contribution in [0.25, 0.3) is 0 Å². The van der Waals surface area contributed by atoms with E-state index in [4.69, 9.17) is 16.6 Å². The molecule has 1 saturated heterocycles. The van der Waals surface area contributed by atoms with Gasteiger partial charge in [0.15, 0.2) is 5.96 Å². The Morgan fingerprint density at radius 3 is 2.52 bits per heavy atom. The van der Waals surface area contributed by atoms with Crippen LogP contribution in [0.5, 0.6) is 0 Å². The number of hydrogen-bond donors (Lipinski definition) is 2. The van der Waals surface area contributed by atoms with E-state index in [0.29, 0.717) is 6.04 Å². The molecular formula is C20H31ClN4. The number of piperidine rings is 1. The average Bonchev–Trinajstić information content (AvgIpc) is 3.43. The summed E-state index contributed by atoms with van der Waals surface area (Å²) in [5, 5.41) is 7.84. The highest BCUT2D eigenvalue weighted by atomic mass is 35.5. The summed E-state index contributed by atoms with van der Waals surface area (Å²) in [6.07, 6.45) is 6.40. The van der Waals surface area contributed by atoms with E-state index in [2.05, 4.69) is 34.6 Å². The number of guanidine groups is 1. The maximum atomic E-state index is 5.97. The van der Waals surface area contributed by atoms with Gasteiger partial charge in [0.1, 0.15) is 0 Å². The van der Waals surface area contributed by atoms with Crippen LogP contribution in [-0.2, 0) is 6.54 Å². The molecule has 0 unspecified atom stereocenters. The zero-order valence-corrected chi connectivity index (χ0v) is 16.1. The Morgan fingerprint density at radius 2 is 1.88 bits per heavy atom. The van der Waals surface area contributed by atoms with Gasteiger partial charge in [0.25, 0.3) is 0 Å². The van der Waals surface area contributed by atoms with Gasteiger partial charge in [0, 0.05) is 43.8 Å². The molecule has 5 heteroatoms. The van der Waals surface area contributed by atoms with E-state index in [1.165, 1.54) is 37.7 Å². The quantitative estimate of drug-likeness (QED) is 0.574. The van der Waals surface area contributed by atoms with E-state index in [0.717, 1.165) is 49.6 Å². The van der Waals surface area contributed by atoms with Gasteiger partial charge in [-0.25, -0.2) is 0 Å². The first-order chi connectivity index (χ1) is 12.2. The van der Waals surface area contributed by atoms with Crippen molar-refractivity contribution in [2.75, 3.05) is 26.2 Å². The van der Waals surface area contributed by atoms with Crippen LogP contribution in [0.15, 0.2) is 29.3 Å². The molecule has 1 aromatic carbocycles. The number of nitrogens with one attached hydrogen (secondary N) is 2. The van der Waals surface area contributed by atoms with Crippen LogP contribution < -0.4 is 10.6 Å². The molecule has 1 aromatic rings. The van der Waals surface area contributed by atoms with Gasteiger partial charge in [0.05, 0.1) is 0 Å². The van der Waals surface area contributed by atoms with E-state index < -0.39 is 0 Å². The summed E-state index contributed by atoms with van der Waals surface area (Å²) in [5.74, 6) is 1.95. The highest BCUT2D eigenvalue weighted by Crippen LogP contribution is 2.32. The molecule has 1 heterocycles. The van der Waals surface area contributed by atoms with Gasteiger partial charge in [-0.3, -0.25) is 9.89 Å². The molecule has 1 saturated carbocycles. The lowest BCUT2D eigenvalue weighted by atomic mass is 10.0. The minimum atomic E-state index is 0.528. The lowest BCUT2D eigenvalue weighted by Crippen LogP contribution is -2.48. The Bertz CT molecular complexity index is 545. The maximum Gasteiger partial charge on any atom is 0.191 e. The minimum absolute atomic E-state index is 0.528. The number of rotatable bonds is 7. The summed E-state index contributed by atoms with van der Waals surface area (Å²) in [6.45, 7) is 7.27. The molecule has 25 heavy (non-hydrogen) atoms. The maximum absolute atomic E-state index is 5.97. The van der Waals surface area contributed by atoms with Crippen molar-refractivity contribution in [1.82, 2.24) is 15.5 Å². The van der Waals surface area contributed by atoms with Crippen molar-refractivity contribution in [3.05, 3.63) is 34.9 Å². The fraction of sp³-hybridized carbons (Fsp3) is 0.650. The number of aliphatic imine (C=N–C) groups is 1. The van der Waals surface area contributed by atoms with Crippen molar-refractivity contribution in [3.63, 3.8) is 0 Å². The molecule has 4 nitrogen and oxygen atoms in total. The van der Waals surface area contributed by atoms with Gasteiger partial charge in [-0.1, -0.05) is 36.6 Å². The van der Waals surface area contributed by atoms with Gasteiger partial charge >= 0.3 is 0 Å². The molecule has 2 fully saturated rings. The Kier molecular flexibility index (Phi) is 7.00. The third-order valence-corrected chi connectivity index (χ3v) is 5.35. The Labute approximate surface area is 157 Å². The Morgan fingerprint density at radius 1 is 1.16 bits per heavy atom. The fourth-order valence-corrected chi connectivity index (χ4v) is 3.49. The topological polar surface area (TPSA) is 39.7 Å². The molecule has 0 spiro atoms. The van der Waals surface area contributed by atoms with Crippen LogP contribution in [0, 0.1) is 5.92 Å². The van der Waals surface area contributed by atoms with Crippen molar-refractivity contribution in [2.45, 2.75) is 51.6 Å². The second-order valence-corrected chi connectivity index (χ2v) is 7.75. The first-order valence-corrected chi connectivity index (χ1v) is 10.1. The van der Waals surface area contributed by atoms with Gasteiger partial charge in [-0.05, 0) is 49.8 Å². The number of hydrogen-bond acceptors (Lipinski definition) is 2. The third-order valence-electron chi connectivity index (χ3n) is 5.10. The standard InChI is InChI=1S/C20H31ClN4/c1-2-22-20(23-12-9-16-3-4-16)24-19-10-13-25(14-11-19)15-17-5-7-18(21)8-6-17/h5-8,16,19H,2-4,9-15H2,1H3,(H2,22,23,24). The molecule has 0 atom stereocenters. The van der Waals surface area contributed by atoms with E-state index >= 15 is 0 Å². The molecule has 0 aromatic heterocycles. The molecule has 1 aliphatic heterocycles. The summed E-state index contributed by atoms with van der Waals surface area (Å²) in [7, 11) is 0. The molecule has 0 amide bonds. The zero-order chi connectivity index (χ0) is 17.5. The molecule has 0 bridgehead atoms. The van der Waals surface area contributed by atoms with Crippen molar-refractivity contribution >= 4 is 17.6 Å². The fourth-order valence-electron chi connectivity index (χ4n) is 3.36. The van der Waals surface area contributed by atoms with Crippen molar-refractivity contribution in [1.29, 1.82) is 0 Å². The summed E-state index contributed by atoms with van der Waals surface area (Å²) < 4.78 is 0. The van der Waals surface area contributed by atoms with Crippen LogP contribution in [0.4, 0.5) is 0 Å². The van der Waals surface area contributed by atoms with Crippen LogP contribution in [0.2, 0.25) is 5.02 Å². The summed E-state index contributed by atoms with van der Waals surface area (Å²) >= 11 is 5.97. The van der Waals surface area contributed by atoms with E-state index in [-0.39, 0.29) is 0 Å². The second kappa shape index (κ2) is 9.44. The average molecular weight is 363 g/mol. The highest BCUT2D eigenvalue weighted by molar-refractivity contribution is 6.30. The largest absolute Gasteiger partial charge is 0.357 e. The lowest BCUT2D eigenvalue weighted by molar-refractivity contribution is 0.198. The molecule has 0 radical (unpaired) electrons. The van der Waals surface area contributed by atoms with E-state index in [9.17, 15) is 0 Å². The smallest absolute Gasteiger partial charge is 0.191 e. The number of nitrogens with zero attached hydrogens (tertiary/aromatic N) is 2. The second-order valence-electron chi connectivity index (χ2n) is 7.31. The highest BCUT2D eigenvalue weighted by Gasteiger charge is 2.21. The first-order valence-electron chi connectivity index (χ1n) is 9.74. The summed E-state index contributed by atoms with van der Waals surface area (Å²) in [6, 6.07) is 8.74. The first kappa shape index (κ1) is 18.5. The van der Waals surface area contributed by atoms with Gasteiger partial charge < -0.3 is 10.6 Å². The molecule has 2 N–H and O–H groups in total. The van der Waals surface area contributed by atoms with Crippen LogP contribution >= 0.6 is 11.6 Å². The predicted molar refractivity (Wildman–Crippen MR) is 106 cm³/mol. The van der Waals surface area contributed by atoms with Gasteiger partial charge in [-0.15, -0.1) is 0 Å². The van der Waals surface area contributed by atoms with Crippen LogP contribution in [0.1, 0.15) is 44.6 Å². The molecule has 138 valence electrons. The lowest BCUT2D eigenvalue weighted by Gasteiger charge is -2.33. The number of likely N-dealkylation sites (tertiary alicyclic amines) is 1. The normalized spacial score (nSPS) is 19.8. The third kappa shape index (κ3) is 6.52. The minimum Gasteiger partial charge on any atom is -0.357 e. The van der Waals surface area contributed by atoms with Gasteiger partial charge in [0.2, 0.25) is 0 Å². The molecule has 3 rings (SSSR count). The molecule has 1 aliphatic carbocycles.